The Hall–Kier alpha value is -2.33. The fourth-order valence-corrected chi connectivity index (χ4v) is 3.55. The lowest BCUT2D eigenvalue weighted by atomic mass is 9.96. The van der Waals surface area contributed by atoms with Crippen molar-refractivity contribution in [2.45, 2.75) is 38.9 Å². The Bertz CT molecular complexity index is 910. The molecule has 3 rings (SSSR count). The summed E-state index contributed by atoms with van der Waals surface area (Å²) < 4.78 is 38.4. The maximum Gasteiger partial charge on any atom is 0.416 e. The van der Waals surface area contributed by atoms with Crippen LogP contribution in [0.2, 0.25) is 0 Å². The van der Waals surface area contributed by atoms with Crippen LogP contribution >= 0.6 is 0 Å². The number of rotatable bonds is 6. The largest absolute Gasteiger partial charge is 0.416 e. The van der Waals surface area contributed by atoms with E-state index < -0.39 is 11.7 Å². The second-order valence-electron chi connectivity index (χ2n) is 7.00. The molecule has 1 nitrogen and oxygen atoms in total. The van der Waals surface area contributed by atoms with Crippen molar-refractivity contribution in [3.05, 3.63) is 82.9 Å². The summed E-state index contributed by atoms with van der Waals surface area (Å²) in [6, 6.07) is 18.4. The van der Waals surface area contributed by atoms with Crippen LogP contribution in [0.15, 0.2) is 60.7 Å². The smallest absolute Gasteiger partial charge is 0.310 e. The van der Waals surface area contributed by atoms with Crippen molar-refractivity contribution in [2.75, 3.05) is 6.54 Å². The molecule has 0 saturated heterocycles. The van der Waals surface area contributed by atoms with Gasteiger partial charge in [-0.3, -0.25) is 0 Å². The van der Waals surface area contributed by atoms with Gasteiger partial charge in [-0.15, -0.1) is 0 Å². The minimum Gasteiger partial charge on any atom is -0.310 e. The van der Waals surface area contributed by atoms with Crippen LogP contribution in [0.1, 0.15) is 41.6 Å². The summed E-state index contributed by atoms with van der Waals surface area (Å²) in [6.07, 6.45) is -2.87. The molecule has 142 valence electrons. The molecule has 0 amide bonds. The third-order valence-corrected chi connectivity index (χ3v) is 4.96. The predicted molar refractivity (Wildman–Crippen MR) is 105 cm³/mol. The molecule has 0 bridgehead atoms. The van der Waals surface area contributed by atoms with Crippen LogP contribution in [0, 0.1) is 6.92 Å². The molecule has 4 heteroatoms. The van der Waals surface area contributed by atoms with Crippen molar-refractivity contribution in [2.24, 2.45) is 0 Å². The topological polar surface area (TPSA) is 12.0 Å². The van der Waals surface area contributed by atoms with E-state index >= 15 is 0 Å². The summed E-state index contributed by atoms with van der Waals surface area (Å²) >= 11 is 0. The van der Waals surface area contributed by atoms with Gasteiger partial charge in [0, 0.05) is 6.04 Å². The minimum atomic E-state index is -4.28. The molecule has 1 N–H and O–H groups in total. The molecule has 0 aliphatic carbocycles. The minimum absolute atomic E-state index is 0.177. The van der Waals surface area contributed by atoms with E-state index in [0.717, 1.165) is 24.6 Å². The second-order valence-corrected chi connectivity index (χ2v) is 7.00. The molecule has 0 radical (unpaired) electrons. The molecule has 0 saturated carbocycles. The van der Waals surface area contributed by atoms with Crippen LogP contribution < -0.4 is 5.32 Å². The molecule has 0 aliphatic rings. The van der Waals surface area contributed by atoms with Gasteiger partial charge < -0.3 is 5.32 Å². The molecule has 0 heterocycles. The van der Waals surface area contributed by atoms with Gasteiger partial charge in [0.15, 0.2) is 0 Å². The lowest BCUT2D eigenvalue weighted by Gasteiger charge is -2.18. The van der Waals surface area contributed by atoms with Gasteiger partial charge in [0.05, 0.1) is 5.56 Å². The number of nitrogens with one attached hydrogen (secondary N) is 1. The van der Waals surface area contributed by atoms with E-state index in [-0.39, 0.29) is 6.04 Å². The average molecular weight is 371 g/mol. The molecule has 0 spiro atoms. The van der Waals surface area contributed by atoms with Crippen molar-refractivity contribution >= 4 is 10.8 Å². The molecule has 1 atom stereocenters. The van der Waals surface area contributed by atoms with E-state index in [9.17, 15) is 13.2 Å². The van der Waals surface area contributed by atoms with Crippen LogP contribution in [-0.2, 0) is 12.6 Å². The Labute approximate surface area is 158 Å². The first-order valence-electron chi connectivity index (χ1n) is 9.24. The normalized spacial score (nSPS) is 13.1. The number of alkyl halides is 3. The first-order chi connectivity index (χ1) is 12.9. The van der Waals surface area contributed by atoms with Gasteiger partial charge in [-0.25, -0.2) is 0 Å². The summed E-state index contributed by atoms with van der Waals surface area (Å²) in [6.45, 7) is 5.00. The first kappa shape index (κ1) is 19.4. The monoisotopic (exact) mass is 371 g/mol. The van der Waals surface area contributed by atoms with E-state index in [4.69, 9.17) is 0 Å². The Balaban J connectivity index is 1.60. The summed E-state index contributed by atoms with van der Waals surface area (Å²) in [5.74, 6) is 0. The van der Waals surface area contributed by atoms with Gasteiger partial charge in [0.2, 0.25) is 0 Å². The first-order valence-corrected chi connectivity index (χ1v) is 9.24. The molecule has 3 aromatic rings. The number of hydrogen-bond acceptors (Lipinski definition) is 1. The van der Waals surface area contributed by atoms with Gasteiger partial charge in [-0.05, 0) is 66.8 Å². The van der Waals surface area contributed by atoms with Crippen LogP contribution in [0.25, 0.3) is 10.8 Å². The highest BCUT2D eigenvalue weighted by atomic mass is 19.4. The second kappa shape index (κ2) is 8.13. The van der Waals surface area contributed by atoms with Crippen molar-refractivity contribution in [1.82, 2.24) is 5.32 Å². The number of benzene rings is 3. The van der Waals surface area contributed by atoms with Gasteiger partial charge in [0.1, 0.15) is 0 Å². The maximum absolute atomic E-state index is 12.8. The fraction of sp³-hybridized carbons (Fsp3) is 0.304. The van der Waals surface area contributed by atoms with Crippen LogP contribution in [0.3, 0.4) is 0 Å². The Morgan fingerprint density at radius 1 is 0.963 bits per heavy atom. The zero-order valence-electron chi connectivity index (χ0n) is 15.6. The molecule has 27 heavy (non-hydrogen) atoms. The van der Waals surface area contributed by atoms with Crippen LogP contribution in [0.4, 0.5) is 13.2 Å². The predicted octanol–water partition coefficient (Wildman–Crippen LogP) is 6.45. The molecule has 3 aromatic carbocycles. The molecular formula is C23H24F3N. The molecular weight excluding hydrogens is 347 g/mol. The van der Waals surface area contributed by atoms with Gasteiger partial charge in [-0.2, -0.15) is 13.2 Å². The number of hydrogen-bond donors (Lipinski definition) is 1. The van der Waals surface area contributed by atoms with Gasteiger partial charge in [-0.1, -0.05) is 54.6 Å². The highest BCUT2D eigenvalue weighted by Gasteiger charge is 2.30. The highest BCUT2D eigenvalue weighted by molar-refractivity contribution is 5.89. The zero-order chi connectivity index (χ0) is 19.4. The summed E-state index contributed by atoms with van der Waals surface area (Å²) in [4.78, 5) is 0. The van der Waals surface area contributed by atoms with E-state index in [1.54, 1.807) is 6.07 Å². The fourth-order valence-electron chi connectivity index (χ4n) is 3.55. The molecule has 0 aromatic heterocycles. The van der Waals surface area contributed by atoms with E-state index in [0.29, 0.717) is 6.42 Å². The lowest BCUT2D eigenvalue weighted by Crippen LogP contribution is -2.20. The third kappa shape index (κ3) is 4.69. The summed E-state index contributed by atoms with van der Waals surface area (Å²) in [5.41, 5.74) is 2.65. The Morgan fingerprint density at radius 3 is 2.41 bits per heavy atom. The Kier molecular flexibility index (Phi) is 5.85. The van der Waals surface area contributed by atoms with Gasteiger partial charge >= 0.3 is 6.18 Å². The molecule has 0 fully saturated rings. The standard InChI is InChI=1S/C23H24F3N/c1-16-7-3-10-19-11-5-13-21(22(16)19)17(2)27-14-6-9-18-8-4-12-20(15-18)23(24,25)26/h3-5,7-8,10-13,15,17,27H,6,9,14H2,1-2H3/t17-/m1/s1. The van der Waals surface area contributed by atoms with Crippen LogP contribution in [0.5, 0.6) is 0 Å². The molecule has 0 aliphatic heterocycles. The molecule has 0 unspecified atom stereocenters. The number of halogens is 3. The highest BCUT2D eigenvalue weighted by Crippen LogP contribution is 2.30. The van der Waals surface area contributed by atoms with Crippen molar-refractivity contribution in [1.29, 1.82) is 0 Å². The van der Waals surface area contributed by atoms with Crippen molar-refractivity contribution in [3.8, 4) is 0 Å². The number of fused-ring (bicyclic) bond motifs is 1. The average Bonchev–Trinajstić information content (AvgIpc) is 2.64. The SMILES string of the molecule is Cc1cccc2cccc([C@@H](C)NCCCc3cccc(C(F)(F)F)c3)c12. The lowest BCUT2D eigenvalue weighted by molar-refractivity contribution is -0.137. The van der Waals surface area contributed by atoms with Crippen LogP contribution in [-0.4, -0.2) is 6.54 Å². The van der Waals surface area contributed by atoms with E-state index in [2.05, 4.69) is 55.6 Å². The summed E-state index contributed by atoms with van der Waals surface area (Å²) in [7, 11) is 0. The number of aryl methyl sites for hydroxylation is 2. The quantitative estimate of drug-likeness (QED) is 0.491. The Morgan fingerprint density at radius 2 is 1.67 bits per heavy atom. The van der Waals surface area contributed by atoms with Crippen molar-refractivity contribution < 1.29 is 13.2 Å². The van der Waals surface area contributed by atoms with Crippen molar-refractivity contribution in [3.63, 3.8) is 0 Å². The maximum atomic E-state index is 12.8. The zero-order valence-corrected chi connectivity index (χ0v) is 15.6. The van der Waals surface area contributed by atoms with E-state index in [1.165, 1.54) is 34.0 Å². The third-order valence-electron chi connectivity index (χ3n) is 4.96. The van der Waals surface area contributed by atoms with E-state index in [1.807, 2.05) is 0 Å². The van der Waals surface area contributed by atoms with Gasteiger partial charge in [0.25, 0.3) is 0 Å². The summed E-state index contributed by atoms with van der Waals surface area (Å²) in [5, 5.41) is 6.01.